The fourth-order valence-corrected chi connectivity index (χ4v) is 4.59. The zero-order valence-electron chi connectivity index (χ0n) is 18.0. The second-order valence-electron chi connectivity index (χ2n) is 7.83. The summed E-state index contributed by atoms with van der Waals surface area (Å²) < 4.78 is 16.1. The summed E-state index contributed by atoms with van der Waals surface area (Å²) in [4.78, 5) is 44.1. The number of carbonyl (C=O) groups is 1. The monoisotopic (exact) mass is 447 g/mol. The van der Waals surface area contributed by atoms with Crippen molar-refractivity contribution in [2.75, 3.05) is 13.7 Å². The van der Waals surface area contributed by atoms with Crippen LogP contribution in [0.4, 0.5) is 0 Å². The third-order valence-corrected chi connectivity index (χ3v) is 5.89. The third-order valence-electron chi connectivity index (χ3n) is 5.89. The lowest BCUT2D eigenvalue weighted by molar-refractivity contribution is -0.154. The predicted molar refractivity (Wildman–Crippen MR) is 119 cm³/mol. The van der Waals surface area contributed by atoms with Crippen LogP contribution in [0.5, 0.6) is 0 Å². The van der Waals surface area contributed by atoms with Crippen molar-refractivity contribution in [3.63, 3.8) is 0 Å². The van der Waals surface area contributed by atoms with Gasteiger partial charge in [0.1, 0.15) is 23.2 Å². The molecule has 2 aromatic heterocycles. The molecular formula is C25H21NO7. The summed E-state index contributed by atoms with van der Waals surface area (Å²) in [5.41, 5.74) is 0.813. The average Bonchev–Trinajstić information content (AvgIpc) is 3.14. The number of carbonyl (C=O) groups excluding carboxylic acids is 1. The van der Waals surface area contributed by atoms with E-state index in [4.69, 9.17) is 18.4 Å². The second kappa shape index (κ2) is 8.31. The second-order valence-corrected chi connectivity index (χ2v) is 7.83. The van der Waals surface area contributed by atoms with Gasteiger partial charge in [0.15, 0.2) is 0 Å². The summed E-state index contributed by atoms with van der Waals surface area (Å²) in [6.45, 7) is 1.90. The van der Waals surface area contributed by atoms with Crippen molar-refractivity contribution in [1.29, 1.82) is 0 Å². The Kier molecular flexibility index (Phi) is 5.32. The van der Waals surface area contributed by atoms with E-state index in [0.717, 1.165) is 0 Å². The number of rotatable bonds is 4. The quantitative estimate of drug-likeness (QED) is 0.345. The Bertz CT molecular complexity index is 1470. The van der Waals surface area contributed by atoms with E-state index in [1.54, 1.807) is 44.3 Å². The third kappa shape index (κ3) is 3.63. The van der Waals surface area contributed by atoms with Crippen molar-refractivity contribution in [2.45, 2.75) is 19.1 Å². The summed E-state index contributed by atoms with van der Waals surface area (Å²) in [6, 6.07) is 16.2. The van der Waals surface area contributed by atoms with Gasteiger partial charge < -0.3 is 13.6 Å². The van der Waals surface area contributed by atoms with E-state index in [0.29, 0.717) is 33.1 Å². The van der Waals surface area contributed by atoms with Crippen molar-refractivity contribution in [2.24, 2.45) is 5.92 Å². The van der Waals surface area contributed by atoms with Crippen LogP contribution in [0.15, 0.2) is 79.1 Å². The van der Waals surface area contributed by atoms with E-state index in [1.165, 1.54) is 17.2 Å². The standard InChI is InChI=1S/C25H21NO7/c1-3-30-25(29)22-23(16-12-20(27)31-18-10-6-4-8-14(16)18)26(2)33-24(22)17-13-21(28)32-19-11-7-5-9-15(17)19/h4-13,22-24H,3H2,1-2H3/t22-,23+,24+/m0/s1. The van der Waals surface area contributed by atoms with Crippen molar-refractivity contribution in [3.05, 3.63) is 92.6 Å². The Morgan fingerprint density at radius 2 is 1.45 bits per heavy atom. The lowest BCUT2D eigenvalue weighted by atomic mass is 9.85. The smallest absolute Gasteiger partial charge is 0.336 e. The van der Waals surface area contributed by atoms with Crippen LogP contribution in [0.1, 0.15) is 30.2 Å². The maximum absolute atomic E-state index is 13.3. The molecule has 8 heteroatoms. The molecule has 0 N–H and O–H groups in total. The molecule has 0 bridgehead atoms. The number of benzene rings is 2. The molecule has 0 amide bonds. The van der Waals surface area contributed by atoms with Gasteiger partial charge in [-0.25, -0.2) is 9.59 Å². The van der Waals surface area contributed by atoms with E-state index in [2.05, 4.69) is 0 Å². The van der Waals surface area contributed by atoms with Crippen LogP contribution in [-0.4, -0.2) is 24.7 Å². The molecule has 2 aromatic carbocycles. The first-order chi connectivity index (χ1) is 16.0. The fourth-order valence-electron chi connectivity index (χ4n) is 4.59. The molecule has 8 nitrogen and oxygen atoms in total. The minimum Gasteiger partial charge on any atom is -0.466 e. The van der Waals surface area contributed by atoms with Crippen molar-refractivity contribution in [3.8, 4) is 0 Å². The molecule has 168 valence electrons. The highest BCUT2D eigenvalue weighted by Crippen LogP contribution is 2.48. The largest absolute Gasteiger partial charge is 0.466 e. The molecule has 1 aliphatic rings. The molecule has 4 aromatic rings. The van der Waals surface area contributed by atoms with Crippen LogP contribution in [-0.2, 0) is 14.4 Å². The van der Waals surface area contributed by atoms with Gasteiger partial charge in [0, 0.05) is 35.5 Å². The SMILES string of the molecule is CCOC(=O)[C@@H]1[C@@H](c2cc(=O)oc3ccccc23)ON(C)[C@@H]1c1cc(=O)oc2ccccc12. The van der Waals surface area contributed by atoms with E-state index in [9.17, 15) is 14.4 Å². The van der Waals surface area contributed by atoms with Gasteiger partial charge >= 0.3 is 17.2 Å². The van der Waals surface area contributed by atoms with Gasteiger partial charge in [-0.2, -0.15) is 5.06 Å². The summed E-state index contributed by atoms with van der Waals surface area (Å²) in [6.07, 6.45) is -0.834. The van der Waals surface area contributed by atoms with Gasteiger partial charge in [-0.1, -0.05) is 36.4 Å². The minimum absolute atomic E-state index is 0.174. The van der Waals surface area contributed by atoms with Gasteiger partial charge in [-0.05, 0) is 24.6 Å². The normalized spacial score (nSPS) is 21.0. The summed E-state index contributed by atoms with van der Waals surface area (Å²) >= 11 is 0. The Labute approximate surface area is 187 Å². The summed E-state index contributed by atoms with van der Waals surface area (Å²) in [7, 11) is 1.69. The van der Waals surface area contributed by atoms with Gasteiger partial charge in [-0.15, -0.1) is 0 Å². The molecule has 0 unspecified atom stereocenters. The number of hydrogen-bond acceptors (Lipinski definition) is 8. The van der Waals surface area contributed by atoms with E-state index in [1.807, 2.05) is 18.2 Å². The number of nitrogens with zero attached hydrogens (tertiary/aromatic N) is 1. The summed E-state index contributed by atoms with van der Waals surface area (Å²) in [5, 5.41) is 2.88. The number of para-hydroxylation sites is 2. The lowest BCUT2D eigenvalue weighted by Gasteiger charge is -2.23. The van der Waals surface area contributed by atoms with Crippen molar-refractivity contribution >= 4 is 27.9 Å². The van der Waals surface area contributed by atoms with Crippen molar-refractivity contribution in [1.82, 2.24) is 5.06 Å². The number of hydroxylamine groups is 2. The first-order valence-electron chi connectivity index (χ1n) is 10.6. The van der Waals surface area contributed by atoms with Crippen LogP contribution in [0.2, 0.25) is 0 Å². The van der Waals surface area contributed by atoms with Crippen LogP contribution in [0, 0.1) is 5.92 Å². The topological polar surface area (TPSA) is 99.2 Å². The molecule has 3 heterocycles. The number of esters is 1. The Hall–Kier alpha value is -3.75. The van der Waals surface area contributed by atoms with Gasteiger partial charge in [0.25, 0.3) is 0 Å². The van der Waals surface area contributed by atoms with E-state index in [-0.39, 0.29) is 6.61 Å². The maximum atomic E-state index is 13.3. The minimum atomic E-state index is -0.856. The highest BCUT2D eigenvalue weighted by Gasteiger charge is 2.49. The molecule has 0 saturated carbocycles. The maximum Gasteiger partial charge on any atom is 0.336 e. The van der Waals surface area contributed by atoms with E-state index >= 15 is 0 Å². The zero-order chi connectivity index (χ0) is 23.1. The number of ether oxygens (including phenoxy) is 1. The highest BCUT2D eigenvalue weighted by molar-refractivity contribution is 5.85. The summed E-state index contributed by atoms with van der Waals surface area (Å²) in [5.74, 6) is -1.35. The molecule has 33 heavy (non-hydrogen) atoms. The van der Waals surface area contributed by atoms with Crippen LogP contribution in [0.3, 0.4) is 0 Å². The number of hydrogen-bond donors (Lipinski definition) is 0. The molecular weight excluding hydrogens is 426 g/mol. The van der Waals surface area contributed by atoms with E-state index < -0.39 is 35.3 Å². The van der Waals surface area contributed by atoms with Crippen LogP contribution >= 0.6 is 0 Å². The van der Waals surface area contributed by atoms with Gasteiger partial charge in [-0.3, -0.25) is 9.63 Å². The Morgan fingerprint density at radius 1 is 0.909 bits per heavy atom. The first kappa shape index (κ1) is 21.1. The average molecular weight is 447 g/mol. The zero-order valence-corrected chi connectivity index (χ0v) is 18.0. The fraction of sp³-hybridized carbons (Fsp3) is 0.240. The molecule has 5 rings (SSSR count). The predicted octanol–water partition coefficient (Wildman–Crippen LogP) is 3.74. The lowest BCUT2D eigenvalue weighted by Crippen LogP contribution is -2.29. The van der Waals surface area contributed by atoms with Gasteiger partial charge in [0.2, 0.25) is 0 Å². The highest BCUT2D eigenvalue weighted by atomic mass is 16.7. The molecule has 1 fully saturated rings. The Balaban J connectivity index is 1.73. The molecule has 1 aliphatic heterocycles. The molecule has 1 saturated heterocycles. The van der Waals surface area contributed by atoms with Crippen LogP contribution in [0.25, 0.3) is 21.9 Å². The number of fused-ring (bicyclic) bond motifs is 2. The van der Waals surface area contributed by atoms with Crippen molar-refractivity contribution < 1.29 is 23.2 Å². The first-order valence-corrected chi connectivity index (χ1v) is 10.6. The molecule has 0 spiro atoms. The van der Waals surface area contributed by atoms with Gasteiger partial charge in [0.05, 0.1) is 12.6 Å². The van der Waals surface area contributed by atoms with Crippen LogP contribution < -0.4 is 11.3 Å². The Morgan fingerprint density at radius 3 is 2.06 bits per heavy atom. The molecule has 0 radical (unpaired) electrons. The molecule has 0 aliphatic carbocycles. The molecule has 3 atom stereocenters.